The Labute approximate surface area is 167 Å². The maximum Gasteiger partial charge on any atom is 0.312 e. The predicted molar refractivity (Wildman–Crippen MR) is 114 cm³/mol. The Hall–Kier alpha value is -2.53. The van der Waals surface area contributed by atoms with Gasteiger partial charge >= 0.3 is 5.97 Å². The maximum absolute atomic E-state index is 12.7. The Bertz CT molecular complexity index is 859. The maximum atomic E-state index is 12.7. The van der Waals surface area contributed by atoms with Gasteiger partial charge in [-0.1, -0.05) is 24.3 Å². The molecule has 0 aromatic heterocycles. The monoisotopic (exact) mass is 384 g/mol. The van der Waals surface area contributed by atoms with Crippen LogP contribution in [0.25, 0.3) is 0 Å². The molecule has 4 N–H and O–H groups in total. The number of aryl methyl sites for hydroxylation is 1. The Morgan fingerprint density at radius 1 is 1.25 bits per heavy atom. The lowest BCUT2D eigenvalue weighted by molar-refractivity contribution is -0.151. The van der Waals surface area contributed by atoms with Crippen molar-refractivity contribution in [3.8, 4) is 0 Å². The van der Waals surface area contributed by atoms with Crippen LogP contribution in [0.1, 0.15) is 54.5 Å². The van der Waals surface area contributed by atoms with Crippen molar-refractivity contribution in [3.63, 3.8) is 0 Å². The summed E-state index contributed by atoms with van der Waals surface area (Å²) in [5, 5.41) is 13.0. The Morgan fingerprint density at radius 2 is 1.93 bits per heavy atom. The lowest BCUT2D eigenvalue weighted by atomic mass is 9.69. The number of methoxy groups -OCH3 is 1. The Morgan fingerprint density at radius 3 is 2.50 bits per heavy atom. The van der Waals surface area contributed by atoms with Crippen molar-refractivity contribution in [3.05, 3.63) is 58.1 Å². The summed E-state index contributed by atoms with van der Waals surface area (Å²) in [6, 6.07) is 9.95. The van der Waals surface area contributed by atoms with Crippen LogP contribution in [0.2, 0.25) is 0 Å². The molecule has 0 heterocycles. The van der Waals surface area contributed by atoms with E-state index < -0.39 is 5.41 Å². The summed E-state index contributed by atoms with van der Waals surface area (Å²) in [4.78, 5) is 12.7. The molecule has 5 nitrogen and oxygen atoms in total. The number of carbonyl (C=O) groups excluding carboxylic acids is 1. The van der Waals surface area contributed by atoms with E-state index in [0.717, 1.165) is 40.0 Å². The Balaban J connectivity index is 2.73. The van der Waals surface area contributed by atoms with Gasteiger partial charge < -0.3 is 20.9 Å². The highest BCUT2D eigenvalue weighted by molar-refractivity contribution is 5.79. The standard InChI is InChI=1S/C23H32N2O3/c1-7-25-19-11-10-18(15(3)21(19)24)20(23(4,5)22(27)28-6)16-9-8-14(2)17(12-16)13-26/h8-12,20,25-26H,7,13,24H2,1-6H3. The van der Waals surface area contributed by atoms with Gasteiger partial charge in [-0.25, -0.2) is 0 Å². The fraction of sp³-hybridized carbons (Fsp3) is 0.435. The second-order valence-electron chi connectivity index (χ2n) is 7.76. The molecule has 0 aliphatic heterocycles. The van der Waals surface area contributed by atoms with Gasteiger partial charge in [-0.2, -0.15) is 0 Å². The van der Waals surface area contributed by atoms with Crippen LogP contribution < -0.4 is 11.1 Å². The number of rotatable bonds is 7. The SMILES string of the molecule is CCNc1ccc(C(c2ccc(C)c(CO)c2)C(C)(C)C(=O)OC)c(C)c1N. The zero-order chi connectivity index (χ0) is 21.1. The largest absolute Gasteiger partial charge is 0.469 e. The van der Waals surface area contributed by atoms with E-state index >= 15 is 0 Å². The lowest BCUT2D eigenvalue weighted by Gasteiger charge is -2.34. The molecule has 2 aromatic carbocycles. The quantitative estimate of drug-likeness (QED) is 0.493. The van der Waals surface area contributed by atoms with E-state index in [1.807, 2.05) is 65.0 Å². The van der Waals surface area contributed by atoms with E-state index in [1.165, 1.54) is 7.11 Å². The van der Waals surface area contributed by atoms with E-state index in [0.29, 0.717) is 5.69 Å². The molecule has 2 aromatic rings. The van der Waals surface area contributed by atoms with Crippen LogP contribution in [-0.2, 0) is 16.1 Å². The molecule has 2 rings (SSSR count). The average Bonchev–Trinajstić information content (AvgIpc) is 2.67. The number of nitrogen functional groups attached to an aromatic ring is 1. The van der Waals surface area contributed by atoms with E-state index in [2.05, 4.69) is 5.32 Å². The smallest absolute Gasteiger partial charge is 0.312 e. The fourth-order valence-corrected chi connectivity index (χ4v) is 3.81. The van der Waals surface area contributed by atoms with Gasteiger partial charge in [0.2, 0.25) is 0 Å². The highest BCUT2D eigenvalue weighted by Crippen LogP contribution is 2.45. The summed E-state index contributed by atoms with van der Waals surface area (Å²) < 4.78 is 5.12. The average molecular weight is 385 g/mol. The van der Waals surface area contributed by atoms with Crippen molar-refractivity contribution in [1.29, 1.82) is 0 Å². The molecule has 0 spiro atoms. The van der Waals surface area contributed by atoms with Crippen molar-refractivity contribution in [2.24, 2.45) is 5.41 Å². The number of benzene rings is 2. The minimum atomic E-state index is -0.826. The van der Waals surface area contributed by atoms with Crippen molar-refractivity contribution in [1.82, 2.24) is 0 Å². The molecule has 0 aliphatic rings. The molecule has 1 atom stereocenters. The first kappa shape index (κ1) is 21.8. The number of carbonyl (C=O) groups is 1. The number of ether oxygens (including phenoxy) is 1. The van der Waals surface area contributed by atoms with Crippen molar-refractivity contribution < 1.29 is 14.6 Å². The summed E-state index contributed by atoms with van der Waals surface area (Å²) >= 11 is 0. The Kier molecular flexibility index (Phi) is 6.73. The summed E-state index contributed by atoms with van der Waals surface area (Å²) in [7, 11) is 1.41. The lowest BCUT2D eigenvalue weighted by Crippen LogP contribution is -2.34. The zero-order valence-corrected chi connectivity index (χ0v) is 17.7. The third-order valence-corrected chi connectivity index (χ3v) is 5.55. The highest BCUT2D eigenvalue weighted by Gasteiger charge is 2.41. The molecule has 0 bridgehead atoms. The van der Waals surface area contributed by atoms with E-state index in [-0.39, 0.29) is 18.5 Å². The molecular weight excluding hydrogens is 352 g/mol. The number of aliphatic hydroxyl groups excluding tert-OH is 1. The minimum absolute atomic E-state index is 0.0501. The number of anilines is 2. The number of nitrogens with two attached hydrogens (primary N) is 1. The number of hydrogen-bond donors (Lipinski definition) is 3. The molecule has 0 fully saturated rings. The van der Waals surface area contributed by atoms with Gasteiger partial charge in [0.05, 0.1) is 30.5 Å². The van der Waals surface area contributed by atoms with Crippen LogP contribution in [-0.4, -0.2) is 24.7 Å². The predicted octanol–water partition coefficient (Wildman–Crippen LogP) is 4.14. The van der Waals surface area contributed by atoms with Crippen LogP contribution in [0.3, 0.4) is 0 Å². The van der Waals surface area contributed by atoms with E-state index in [1.54, 1.807) is 0 Å². The van der Waals surface area contributed by atoms with Crippen LogP contribution in [0, 0.1) is 19.3 Å². The van der Waals surface area contributed by atoms with Crippen LogP contribution in [0.15, 0.2) is 30.3 Å². The summed E-state index contributed by atoms with van der Waals surface area (Å²) in [5.74, 6) is -0.568. The highest BCUT2D eigenvalue weighted by atomic mass is 16.5. The van der Waals surface area contributed by atoms with E-state index in [4.69, 9.17) is 10.5 Å². The molecule has 0 saturated heterocycles. The van der Waals surface area contributed by atoms with Gasteiger partial charge in [-0.05, 0) is 68.5 Å². The van der Waals surface area contributed by atoms with Gasteiger partial charge in [-0.3, -0.25) is 4.79 Å². The van der Waals surface area contributed by atoms with Crippen LogP contribution >= 0.6 is 0 Å². The second-order valence-corrected chi connectivity index (χ2v) is 7.76. The number of hydrogen-bond acceptors (Lipinski definition) is 5. The zero-order valence-electron chi connectivity index (χ0n) is 17.7. The van der Waals surface area contributed by atoms with Crippen LogP contribution in [0.4, 0.5) is 11.4 Å². The van der Waals surface area contributed by atoms with Gasteiger partial charge in [0, 0.05) is 12.5 Å². The van der Waals surface area contributed by atoms with Gasteiger partial charge in [0.15, 0.2) is 0 Å². The fourth-order valence-electron chi connectivity index (χ4n) is 3.81. The molecule has 0 radical (unpaired) electrons. The third kappa shape index (κ3) is 3.99. The summed E-state index contributed by atoms with van der Waals surface area (Å²) in [6.45, 7) is 10.5. The van der Waals surface area contributed by atoms with Gasteiger partial charge in [0.25, 0.3) is 0 Å². The molecule has 1 unspecified atom stereocenters. The molecule has 0 aliphatic carbocycles. The molecular formula is C23H32N2O3. The number of aliphatic hydroxyl groups is 1. The third-order valence-electron chi connectivity index (χ3n) is 5.55. The van der Waals surface area contributed by atoms with E-state index in [9.17, 15) is 9.90 Å². The number of esters is 1. The molecule has 0 saturated carbocycles. The first-order valence-electron chi connectivity index (χ1n) is 9.60. The minimum Gasteiger partial charge on any atom is -0.469 e. The first-order chi connectivity index (χ1) is 13.2. The second kappa shape index (κ2) is 8.65. The van der Waals surface area contributed by atoms with Crippen molar-refractivity contribution in [2.45, 2.75) is 47.1 Å². The van der Waals surface area contributed by atoms with Crippen molar-refractivity contribution in [2.75, 3.05) is 24.7 Å². The van der Waals surface area contributed by atoms with Gasteiger partial charge in [-0.15, -0.1) is 0 Å². The van der Waals surface area contributed by atoms with Crippen LogP contribution in [0.5, 0.6) is 0 Å². The number of nitrogens with one attached hydrogen (secondary N) is 1. The molecule has 0 amide bonds. The molecule has 5 heteroatoms. The summed E-state index contributed by atoms with van der Waals surface area (Å²) in [6.07, 6.45) is 0. The first-order valence-corrected chi connectivity index (χ1v) is 9.60. The molecule has 28 heavy (non-hydrogen) atoms. The molecule has 152 valence electrons. The summed E-state index contributed by atoms with van der Waals surface area (Å²) in [5.41, 5.74) is 11.9. The van der Waals surface area contributed by atoms with Gasteiger partial charge in [0.1, 0.15) is 0 Å². The normalized spacial score (nSPS) is 12.5. The van der Waals surface area contributed by atoms with Crippen molar-refractivity contribution >= 4 is 17.3 Å². The topological polar surface area (TPSA) is 84.6 Å².